The van der Waals surface area contributed by atoms with Crippen molar-refractivity contribution in [3.8, 4) is 0 Å². The van der Waals surface area contributed by atoms with Gasteiger partial charge >= 0.3 is 0 Å². The maximum atomic E-state index is 13.1. The van der Waals surface area contributed by atoms with Gasteiger partial charge in [-0.15, -0.1) is 0 Å². The Morgan fingerprint density at radius 1 is 1.50 bits per heavy atom. The standard InChI is InChI=1S/C14H19ClFNO/c1-2-14-10(5-6-18-14)8-17-9-11-7-12(16)3-4-13(11)15/h3-4,7,10,14,17H,2,5-6,8-9H2,1H3. The van der Waals surface area contributed by atoms with Crippen LogP contribution in [0, 0.1) is 11.7 Å². The minimum Gasteiger partial charge on any atom is -0.378 e. The van der Waals surface area contributed by atoms with Crippen LogP contribution >= 0.6 is 11.6 Å². The maximum absolute atomic E-state index is 13.1. The SMILES string of the molecule is CCC1OCCC1CNCc1cc(F)ccc1Cl. The molecule has 0 radical (unpaired) electrons. The molecule has 18 heavy (non-hydrogen) atoms. The van der Waals surface area contributed by atoms with Gasteiger partial charge in [0.15, 0.2) is 0 Å². The first kappa shape index (κ1) is 13.8. The molecule has 0 aromatic heterocycles. The average Bonchev–Trinajstić information content (AvgIpc) is 2.81. The van der Waals surface area contributed by atoms with Crippen molar-refractivity contribution in [3.05, 3.63) is 34.6 Å². The molecule has 2 rings (SSSR count). The minimum absolute atomic E-state index is 0.244. The second kappa shape index (κ2) is 6.50. The zero-order valence-corrected chi connectivity index (χ0v) is 11.3. The van der Waals surface area contributed by atoms with Gasteiger partial charge in [0, 0.05) is 24.7 Å². The highest BCUT2D eigenvalue weighted by Crippen LogP contribution is 2.23. The van der Waals surface area contributed by atoms with E-state index < -0.39 is 0 Å². The van der Waals surface area contributed by atoms with Crippen molar-refractivity contribution in [1.29, 1.82) is 0 Å². The van der Waals surface area contributed by atoms with Crippen molar-refractivity contribution < 1.29 is 9.13 Å². The molecule has 2 atom stereocenters. The lowest BCUT2D eigenvalue weighted by atomic mass is 9.99. The molecule has 2 nitrogen and oxygen atoms in total. The summed E-state index contributed by atoms with van der Waals surface area (Å²) in [4.78, 5) is 0. The highest BCUT2D eigenvalue weighted by molar-refractivity contribution is 6.31. The number of ether oxygens (including phenoxy) is 1. The van der Waals surface area contributed by atoms with E-state index in [4.69, 9.17) is 16.3 Å². The number of halogens is 2. The van der Waals surface area contributed by atoms with Gasteiger partial charge in [-0.1, -0.05) is 18.5 Å². The Hall–Kier alpha value is -0.640. The van der Waals surface area contributed by atoms with Gasteiger partial charge < -0.3 is 10.1 Å². The summed E-state index contributed by atoms with van der Waals surface area (Å²) in [7, 11) is 0. The normalized spacial score (nSPS) is 23.5. The van der Waals surface area contributed by atoms with E-state index in [0.29, 0.717) is 23.6 Å². The molecule has 4 heteroatoms. The molecule has 0 amide bonds. The summed E-state index contributed by atoms with van der Waals surface area (Å²) in [5.41, 5.74) is 0.809. The molecule has 1 aromatic rings. The minimum atomic E-state index is -0.244. The smallest absolute Gasteiger partial charge is 0.123 e. The molecule has 0 spiro atoms. The maximum Gasteiger partial charge on any atom is 0.123 e. The van der Waals surface area contributed by atoms with Crippen molar-refractivity contribution in [2.75, 3.05) is 13.2 Å². The second-order valence-corrected chi connectivity index (χ2v) is 5.14. The molecule has 0 saturated carbocycles. The van der Waals surface area contributed by atoms with Crippen molar-refractivity contribution in [2.24, 2.45) is 5.92 Å². The lowest BCUT2D eigenvalue weighted by Crippen LogP contribution is -2.28. The van der Waals surface area contributed by atoms with Crippen LogP contribution in [0.1, 0.15) is 25.3 Å². The molecule has 1 N–H and O–H groups in total. The van der Waals surface area contributed by atoms with Gasteiger partial charge in [-0.2, -0.15) is 0 Å². The molecule has 0 bridgehead atoms. The van der Waals surface area contributed by atoms with E-state index in [0.717, 1.165) is 31.6 Å². The van der Waals surface area contributed by atoms with Crippen LogP contribution in [0.25, 0.3) is 0 Å². The summed E-state index contributed by atoms with van der Waals surface area (Å²) in [6, 6.07) is 4.46. The number of rotatable bonds is 5. The predicted molar refractivity (Wildman–Crippen MR) is 71.3 cm³/mol. The zero-order chi connectivity index (χ0) is 13.0. The Morgan fingerprint density at radius 2 is 2.33 bits per heavy atom. The van der Waals surface area contributed by atoms with E-state index in [1.807, 2.05) is 0 Å². The average molecular weight is 272 g/mol. The molecular formula is C14H19ClFNO. The van der Waals surface area contributed by atoms with Crippen molar-refractivity contribution >= 4 is 11.6 Å². The number of benzene rings is 1. The van der Waals surface area contributed by atoms with Crippen LogP contribution < -0.4 is 5.32 Å². The Labute approximate surface area is 112 Å². The van der Waals surface area contributed by atoms with Gasteiger partial charge in [0.05, 0.1) is 6.10 Å². The van der Waals surface area contributed by atoms with Crippen molar-refractivity contribution in [2.45, 2.75) is 32.4 Å². The quantitative estimate of drug-likeness (QED) is 0.886. The highest BCUT2D eigenvalue weighted by atomic mass is 35.5. The van der Waals surface area contributed by atoms with E-state index in [9.17, 15) is 4.39 Å². The monoisotopic (exact) mass is 271 g/mol. The fraction of sp³-hybridized carbons (Fsp3) is 0.571. The van der Waals surface area contributed by atoms with Crippen LogP contribution in [0.5, 0.6) is 0 Å². The molecule has 1 aliphatic rings. The molecule has 0 aliphatic carbocycles. The summed E-state index contributed by atoms with van der Waals surface area (Å²) in [6.07, 6.45) is 2.51. The number of nitrogens with one attached hydrogen (secondary N) is 1. The molecule has 1 heterocycles. The molecule has 1 fully saturated rings. The Bertz CT molecular complexity index is 399. The Morgan fingerprint density at radius 3 is 3.11 bits per heavy atom. The summed E-state index contributed by atoms with van der Waals surface area (Å²) in [5.74, 6) is 0.314. The van der Waals surface area contributed by atoms with E-state index >= 15 is 0 Å². The van der Waals surface area contributed by atoms with Crippen molar-refractivity contribution in [3.63, 3.8) is 0 Å². The second-order valence-electron chi connectivity index (χ2n) is 4.73. The van der Waals surface area contributed by atoms with Crippen LogP contribution in [0.15, 0.2) is 18.2 Å². The summed E-state index contributed by atoms with van der Waals surface area (Å²) in [6.45, 7) is 4.49. The Balaban J connectivity index is 1.83. The number of hydrogen-bond acceptors (Lipinski definition) is 2. The van der Waals surface area contributed by atoms with E-state index in [-0.39, 0.29) is 5.82 Å². The fourth-order valence-electron chi connectivity index (χ4n) is 2.45. The van der Waals surface area contributed by atoms with Crippen LogP contribution in [0.2, 0.25) is 5.02 Å². The summed E-state index contributed by atoms with van der Waals surface area (Å²) in [5, 5.41) is 3.95. The summed E-state index contributed by atoms with van der Waals surface area (Å²) < 4.78 is 18.7. The van der Waals surface area contributed by atoms with Crippen LogP contribution in [-0.4, -0.2) is 19.3 Å². The molecule has 1 saturated heterocycles. The fourth-order valence-corrected chi connectivity index (χ4v) is 2.63. The van der Waals surface area contributed by atoms with E-state index in [1.54, 1.807) is 6.07 Å². The third-order valence-electron chi connectivity index (χ3n) is 3.48. The van der Waals surface area contributed by atoms with E-state index in [2.05, 4.69) is 12.2 Å². The first-order chi connectivity index (χ1) is 8.70. The lowest BCUT2D eigenvalue weighted by Gasteiger charge is -2.17. The lowest BCUT2D eigenvalue weighted by molar-refractivity contribution is 0.0872. The van der Waals surface area contributed by atoms with E-state index in [1.165, 1.54) is 12.1 Å². The van der Waals surface area contributed by atoms with Crippen LogP contribution in [0.3, 0.4) is 0 Å². The van der Waals surface area contributed by atoms with Gasteiger partial charge in [0.25, 0.3) is 0 Å². The van der Waals surface area contributed by atoms with Gasteiger partial charge in [0.2, 0.25) is 0 Å². The summed E-state index contributed by atoms with van der Waals surface area (Å²) >= 11 is 6.02. The first-order valence-electron chi connectivity index (χ1n) is 6.47. The predicted octanol–water partition coefficient (Wildman–Crippen LogP) is 3.38. The van der Waals surface area contributed by atoms with Crippen LogP contribution in [0.4, 0.5) is 4.39 Å². The molecule has 2 unspecified atom stereocenters. The molecule has 1 aliphatic heterocycles. The Kier molecular flexibility index (Phi) is 4.98. The first-order valence-corrected chi connectivity index (χ1v) is 6.84. The van der Waals surface area contributed by atoms with Gasteiger partial charge in [-0.3, -0.25) is 0 Å². The highest BCUT2D eigenvalue weighted by Gasteiger charge is 2.25. The third-order valence-corrected chi connectivity index (χ3v) is 3.85. The zero-order valence-electron chi connectivity index (χ0n) is 10.6. The van der Waals surface area contributed by atoms with Gasteiger partial charge in [0.1, 0.15) is 5.82 Å². The topological polar surface area (TPSA) is 21.3 Å². The third kappa shape index (κ3) is 3.44. The van der Waals surface area contributed by atoms with Crippen molar-refractivity contribution in [1.82, 2.24) is 5.32 Å². The molecular weight excluding hydrogens is 253 g/mol. The van der Waals surface area contributed by atoms with Gasteiger partial charge in [-0.25, -0.2) is 4.39 Å². The number of hydrogen-bond donors (Lipinski definition) is 1. The van der Waals surface area contributed by atoms with Crippen LogP contribution in [-0.2, 0) is 11.3 Å². The molecule has 100 valence electrons. The van der Waals surface area contributed by atoms with Gasteiger partial charge in [-0.05, 0) is 42.5 Å². The molecule has 1 aromatic carbocycles. The largest absolute Gasteiger partial charge is 0.378 e.